The van der Waals surface area contributed by atoms with Crippen molar-refractivity contribution in [2.75, 3.05) is 50.0 Å². The Morgan fingerprint density at radius 3 is 1.72 bits per heavy atom. The molecule has 16 heteroatoms. The normalized spacial score (nSPS) is 16.2. The molecule has 4 aromatic carbocycles. The molecule has 0 saturated carbocycles. The first-order valence-electron chi connectivity index (χ1n) is 18.2. The van der Waals surface area contributed by atoms with Crippen molar-refractivity contribution >= 4 is 23.2 Å². The van der Waals surface area contributed by atoms with Crippen LogP contribution < -0.4 is 21.3 Å². The Balaban J connectivity index is 0.000000177. The van der Waals surface area contributed by atoms with Gasteiger partial charge in [-0.3, -0.25) is 9.59 Å². The van der Waals surface area contributed by atoms with Crippen LogP contribution >= 0.6 is 0 Å². The van der Waals surface area contributed by atoms with Gasteiger partial charge in [0.05, 0.1) is 71.4 Å². The predicted octanol–water partition coefficient (Wildman–Crippen LogP) is 5.59. The van der Waals surface area contributed by atoms with E-state index < -0.39 is 11.6 Å². The number of rotatable bonds is 8. The molecule has 2 aliphatic heterocycles. The van der Waals surface area contributed by atoms with Crippen LogP contribution in [0.15, 0.2) is 110 Å². The third kappa shape index (κ3) is 9.47. The zero-order valence-corrected chi connectivity index (χ0v) is 30.9. The van der Waals surface area contributed by atoms with Gasteiger partial charge in [0.2, 0.25) is 0 Å². The lowest BCUT2D eigenvalue weighted by molar-refractivity contribution is 0.0276. The van der Waals surface area contributed by atoms with E-state index >= 15 is 0 Å². The van der Waals surface area contributed by atoms with E-state index in [0.29, 0.717) is 47.1 Å². The molecule has 14 nitrogen and oxygen atoms in total. The second-order valence-electron chi connectivity index (χ2n) is 13.2. The Morgan fingerprint density at radius 2 is 1.22 bits per heavy atom. The SMILES string of the molecule is N#Cc1cc(F)ccc1-n1cc(C(=O)Nc2ccc([C@H]3CNCCO3)cc2)cn1.N#Cc1ccc(-n2cc(C(=O)Nc3ccc([C@H]4CNCCO4)cc3)cn2)cc1F. The molecule has 0 radical (unpaired) electrons. The monoisotopic (exact) mass is 782 g/mol. The summed E-state index contributed by atoms with van der Waals surface area (Å²) < 4.78 is 41.3. The topological polar surface area (TPSA) is 184 Å². The van der Waals surface area contributed by atoms with Gasteiger partial charge >= 0.3 is 0 Å². The van der Waals surface area contributed by atoms with Crippen molar-refractivity contribution in [1.29, 1.82) is 10.5 Å². The molecule has 8 rings (SSSR count). The van der Waals surface area contributed by atoms with E-state index in [-0.39, 0.29) is 35.1 Å². The van der Waals surface area contributed by atoms with Crippen LogP contribution in [0, 0.1) is 34.3 Å². The summed E-state index contributed by atoms with van der Waals surface area (Å²) in [4.78, 5) is 25.0. The highest BCUT2D eigenvalue weighted by atomic mass is 19.1. The average Bonchev–Trinajstić information content (AvgIpc) is 3.97. The molecule has 0 bridgehead atoms. The number of morpholine rings is 2. The second-order valence-corrected chi connectivity index (χ2v) is 13.2. The van der Waals surface area contributed by atoms with Crippen LogP contribution in [0.3, 0.4) is 0 Å². The third-order valence-corrected chi connectivity index (χ3v) is 9.29. The Kier molecular flexibility index (Phi) is 12.3. The number of hydrogen-bond acceptors (Lipinski definition) is 10. The van der Waals surface area contributed by atoms with Crippen molar-refractivity contribution in [2.45, 2.75) is 12.2 Å². The molecule has 6 aromatic rings. The quantitative estimate of drug-likeness (QED) is 0.152. The van der Waals surface area contributed by atoms with E-state index in [1.165, 1.54) is 58.4 Å². The van der Waals surface area contributed by atoms with E-state index in [2.05, 4.69) is 31.5 Å². The molecular weight excluding hydrogens is 747 g/mol. The maximum absolute atomic E-state index is 13.8. The number of aromatic nitrogens is 4. The lowest BCUT2D eigenvalue weighted by Crippen LogP contribution is -2.33. The van der Waals surface area contributed by atoms with Crippen molar-refractivity contribution < 1.29 is 27.8 Å². The Labute approximate surface area is 331 Å². The van der Waals surface area contributed by atoms with Gasteiger partial charge in [0.25, 0.3) is 11.8 Å². The Morgan fingerprint density at radius 1 is 0.690 bits per heavy atom. The Hall–Kier alpha value is -7.08. The Bertz CT molecular complexity index is 2480. The number of anilines is 2. The maximum atomic E-state index is 13.8. The summed E-state index contributed by atoms with van der Waals surface area (Å²) in [5.41, 5.74) is 4.96. The number of carbonyl (C=O) groups is 2. The lowest BCUT2D eigenvalue weighted by Gasteiger charge is -2.24. The van der Waals surface area contributed by atoms with Crippen molar-refractivity contribution in [3.05, 3.63) is 155 Å². The fraction of sp³-hybridized carbons (Fsp3) is 0.190. The van der Waals surface area contributed by atoms with Gasteiger partial charge in [0.15, 0.2) is 0 Å². The maximum Gasteiger partial charge on any atom is 0.258 e. The second kappa shape index (κ2) is 18.2. The fourth-order valence-corrected chi connectivity index (χ4v) is 6.22. The summed E-state index contributed by atoms with van der Waals surface area (Å²) >= 11 is 0. The minimum Gasteiger partial charge on any atom is -0.371 e. The van der Waals surface area contributed by atoms with Crippen LogP contribution in [0.1, 0.15) is 55.2 Å². The van der Waals surface area contributed by atoms with E-state index in [1.807, 2.05) is 54.6 Å². The molecule has 2 aromatic heterocycles. The smallest absolute Gasteiger partial charge is 0.258 e. The van der Waals surface area contributed by atoms with Gasteiger partial charge < -0.3 is 30.7 Å². The van der Waals surface area contributed by atoms with Gasteiger partial charge in [-0.2, -0.15) is 20.7 Å². The van der Waals surface area contributed by atoms with Crippen LogP contribution in [-0.2, 0) is 9.47 Å². The summed E-state index contributed by atoms with van der Waals surface area (Å²) in [6, 6.07) is 26.7. The van der Waals surface area contributed by atoms with Gasteiger partial charge in [-0.25, -0.2) is 18.1 Å². The van der Waals surface area contributed by atoms with E-state index in [9.17, 15) is 23.6 Å². The van der Waals surface area contributed by atoms with Crippen LogP contribution in [0.25, 0.3) is 11.4 Å². The highest BCUT2D eigenvalue weighted by Gasteiger charge is 2.18. The highest BCUT2D eigenvalue weighted by Crippen LogP contribution is 2.23. The van der Waals surface area contributed by atoms with E-state index in [1.54, 1.807) is 12.1 Å². The van der Waals surface area contributed by atoms with Gasteiger partial charge in [-0.05, 0) is 65.7 Å². The zero-order chi connectivity index (χ0) is 40.4. The first kappa shape index (κ1) is 39.2. The average molecular weight is 783 g/mol. The molecule has 0 spiro atoms. The van der Waals surface area contributed by atoms with Gasteiger partial charge in [-0.15, -0.1) is 0 Å². The van der Waals surface area contributed by atoms with Crippen molar-refractivity contribution in [2.24, 2.45) is 0 Å². The number of benzene rings is 4. The minimum absolute atomic E-state index is 0.0109. The molecule has 4 heterocycles. The van der Waals surface area contributed by atoms with Gasteiger partial charge in [-0.1, -0.05) is 24.3 Å². The van der Waals surface area contributed by atoms with Gasteiger partial charge in [0.1, 0.15) is 23.8 Å². The number of amides is 2. The summed E-state index contributed by atoms with van der Waals surface area (Å²) in [6.07, 6.45) is 5.83. The van der Waals surface area contributed by atoms with E-state index in [4.69, 9.17) is 14.7 Å². The van der Waals surface area contributed by atoms with Crippen molar-refractivity contribution in [3.8, 4) is 23.5 Å². The van der Waals surface area contributed by atoms with Crippen molar-refractivity contribution in [3.63, 3.8) is 0 Å². The molecular formula is C42H36F2N10O4. The first-order valence-corrected chi connectivity index (χ1v) is 18.2. The molecule has 0 unspecified atom stereocenters. The zero-order valence-electron chi connectivity index (χ0n) is 30.9. The molecule has 2 fully saturated rings. The standard InChI is InChI=1S/2C21H18FN5O2/c22-17-3-6-19(15(9-17)10-23)27-13-16(11-25-27)21(28)26-18-4-1-14(2-5-18)20-12-24-7-8-29-20;22-19-9-18(6-3-15(19)10-23)27-13-16(11-25-27)21(28)26-17-4-1-14(2-5-17)20-12-24-7-8-29-20/h2*1-6,9,11,13,20,24H,7-8,12H2,(H,26,28)/t2*20-/m11/s1. The molecule has 0 aliphatic carbocycles. The highest BCUT2D eigenvalue weighted by molar-refractivity contribution is 6.04. The largest absolute Gasteiger partial charge is 0.371 e. The van der Waals surface area contributed by atoms with Crippen LogP contribution in [0.4, 0.5) is 20.2 Å². The summed E-state index contributed by atoms with van der Waals surface area (Å²) in [5, 5.41) is 38.4. The number of halogens is 2. The number of hydrogen-bond donors (Lipinski definition) is 4. The van der Waals surface area contributed by atoms with Crippen LogP contribution in [0.2, 0.25) is 0 Å². The third-order valence-electron chi connectivity index (χ3n) is 9.29. The lowest BCUT2D eigenvalue weighted by atomic mass is 10.1. The first-order chi connectivity index (χ1) is 28.3. The number of nitrogens with zero attached hydrogens (tertiary/aromatic N) is 6. The molecule has 2 saturated heterocycles. The molecule has 2 amide bonds. The molecule has 4 N–H and O–H groups in total. The molecule has 58 heavy (non-hydrogen) atoms. The fourth-order valence-electron chi connectivity index (χ4n) is 6.22. The minimum atomic E-state index is -0.635. The van der Waals surface area contributed by atoms with Crippen molar-refractivity contribution in [1.82, 2.24) is 30.2 Å². The summed E-state index contributed by atoms with van der Waals surface area (Å²) in [6.45, 7) is 4.59. The molecule has 2 aliphatic rings. The molecule has 2 atom stereocenters. The number of nitriles is 2. The number of nitrogens with one attached hydrogen (secondary N) is 4. The summed E-state index contributed by atoms with van der Waals surface area (Å²) in [5.74, 6) is -1.80. The number of ether oxygens (including phenoxy) is 2. The van der Waals surface area contributed by atoms with Gasteiger partial charge in [0, 0.05) is 56.0 Å². The summed E-state index contributed by atoms with van der Waals surface area (Å²) in [7, 11) is 0. The van der Waals surface area contributed by atoms with E-state index in [0.717, 1.165) is 43.4 Å². The van der Waals surface area contributed by atoms with Crippen LogP contribution in [-0.4, -0.2) is 70.8 Å². The molecule has 292 valence electrons. The number of carbonyl (C=O) groups excluding carboxylic acids is 2. The predicted molar refractivity (Wildman–Crippen MR) is 208 cm³/mol. The van der Waals surface area contributed by atoms with Crippen LogP contribution in [0.5, 0.6) is 0 Å².